The fourth-order valence-corrected chi connectivity index (χ4v) is 2.62. The van der Waals surface area contributed by atoms with Gasteiger partial charge in [-0.05, 0) is 88.1 Å². The molecule has 0 bridgehead atoms. The molecule has 0 aliphatic heterocycles. The lowest BCUT2D eigenvalue weighted by Gasteiger charge is -2.11. The number of esters is 1. The first-order chi connectivity index (χ1) is 14.6. The summed E-state index contributed by atoms with van der Waals surface area (Å²) in [6.07, 6.45) is 3.87. The van der Waals surface area contributed by atoms with E-state index >= 15 is 0 Å². The molecular weight excluding hydrogens is 380 g/mol. The highest BCUT2D eigenvalue weighted by Crippen LogP contribution is 2.18. The summed E-state index contributed by atoms with van der Waals surface area (Å²) in [6.45, 7) is 8.96. The van der Waals surface area contributed by atoms with Crippen molar-refractivity contribution in [1.29, 1.82) is 0 Å². The van der Waals surface area contributed by atoms with Crippen LogP contribution < -0.4 is 20.3 Å². The fourth-order valence-electron chi connectivity index (χ4n) is 2.62. The maximum atomic E-state index is 11.3. The van der Waals surface area contributed by atoms with Crippen LogP contribution in [0.4, 0.5) is 11.4 Å². The van der Waals surface area contributed by atoms with E-state index in [-0.39, 0.29) is 5.97 Å². The van der Waals surface area contributed by atoms with E-state index in [0.717, 1.165) is 48.6 Å². The van der Waals surface area contributed by atoms with Crippen molar-refractivity contribution in [2.24, 2.45) is 0 Å². The van der Waals surface area contributed by atoms with Crippen molar-refractivity contribution in [3.8, 4) is 11.5 Å². The Hall–Kier alpha value is -3.15. The number of unbranched alkanes of at least 4 members (excludes halogenated alkanes) is 3. The van der Waals surface area contributed by atoms with E-state index in [9.17, 15) is 4.79 Å². The highest BCUT2D eigenvalue weighted by molar-refractivity contribution is 5.86. The normalized spacial score (nSPS) is 10.2. The van der Waals surface area contributed by atoms with Crippen LogP contribution in [-0.4, -0.2) is 25.8 Å². The molecule has 0 aliphatic rings. The van der Waals surface area contributed by atoms with Gasteiger partial charge in [-0.25, -0.2) is 4.79 Å². The third-order valence-corrected chi connectivity index (χ3v) is 4.26. The predicted molar refractivity (Wildman–Crippen MR) is 121 cm³/mol. The monoisotopic (exact) mass is 412 g/mol. The Morgan fingerprint density at radius 2 is 1.30 bits per heavy atom. The minimum absolute atomic E-state index is 0.314. The van der Waals surface area contributed by atoms with Crippen LogP contribution >= 0.6 is 0 Å². The lowest BCUT2D eigenvalue weighted by Crippen LogP contribution is -2.08. The lowest BCUT2D eigenvalue weighted by molar-refractivity contribution is -0.139. The molecule has 0 fully saturated rings. The Bertz CT molecular complexity index is 773. The van der Waals surface area contributed by atoms with Gasteiger partial charge < -0.3 is 25.1 Å². The summed E-state index contributed by atoms with van der Waals surface area (Å²) in [6, 6.07) is 15.6. The molecule has 0 unspecified atom stereocenters. The summed E-state index contributed by atoms with van der Waals surface area (Å²) >= 11 is 0. The largest absolute Gasteiger partial charge is 0.494 e. The van der Waals surface area contributed by atoms with Crippen molar-refractivity contribution in [1.82, 2.24) is 0 Å². The zero-order valence-corrected chi connectivity index (χ0v) is 17.9. The molecule has 0 aromatic heterocycles. The van der Waals surface area contributed by atoms with Crippen molar-refractivity contribution in [3.05, 3.63) is 60.7 Å². The summed E-state index contributed by atoms with van der Waals surface area (Å²) in [4.78, 5) is 11.3. The molecule has 2 rings (SSSR count). The van der Waals surface area contributed by atoms with E-state index in [2.05, 4.69) is 17.4 Å². The molecule has 6 nitrogen and oxygen atoms in total. The Kier molecular flexibility index (Phi) is 10.1. The minimum Gasteiger partial charge on any atom is -0.494 e. The molecule has 0 spiro atoms. The van der Waals surface area contributed by atoms with E-state index in [1.54, 1.807) is 6.92 Å². The van der Waals surface area contributed by atoms with Crippen LogP contribution in [0, 0.1) is 0 Å². The van der Waals surface area contributed by atoms with Crippen LogP contribution in [0.5, 0.6) is 11.5 Å². The molecule has 2 N–H and O–H groups in total. The molecule has 2 aromatic rings. The van der Waals surface area contributed by atoms with Crippen LogP contribution in [0.1, 0.15) is 39.5 Å². The average Bonchev–Trinajstić information content (AvgIpc) is 2.76. The summed E-state index contributed by atoms with van der Waals surface area (Å²) < 4.78 is 16.3. The third-order valence-electron chi connectivity index (χ3n) is 4.26. The quantitative estimate of drug-likeness (QED) is 0.183. The third kappa shape index (κ3) is 8.90. The van der Waals surface area contributed by atoms with Crippen LogP contribution in [0.2, 0.25) is 0 Å². The second kappa shape index (κ2) is 13.1. The number of carbonyl (C=O) groups excluding carboxylic acids is 1. The average molecular weight is 413 g/mol. The molecule has 2 aromatic carbocycles. The molecule has 6 heteroatoms. The lowest BCUT2D eigenvalue weighted by atomic mass is 10.2. The smallest absolute Gasteiger partial charge is 0.333 e. The summed E-state index contributed by atoms with van der Waals surface area (Å²) in [5.41, 5.74) is 8.66. The number of carbonyl (C=O) groups is 1. The maximum absolute atomic E-state index is 11.3. The Morgan fingerprint density at radius 3 is 1.80 bits per heavy atom. The number of hydrazine groups is 1. The van der Waals surface area contributed by atoms with Gasteiger partial charge in [-0.3, -0.25) is 0 Å². The van der Waals surface area contributed by atoms with Crippen molar-refractivity contribution < 1.29 is 19.0 Å². The van der Waals surface area contributed by atoms with Gasteiger partial charge >= 0.3 is 5.97 Å². The van der Waals surface area contributed by atoms with Gasteiger partial charge in [0.2, 0.25) is 0 Å². The van der Waals surface area contributed by atoms with Gasteiger partial charge in [0.15, 0.2) is 0 Å². The summed E-state index contributed by atoms with van der Waals surface area (Å²) in [5.74, 6) is 1.39. The Morgan fingerprint density at radius 1 is 0.800 bits per heavy atom. The van der Waals surface area contributed by atoms with Gasteiger partial charge in [0.25, 0.3) is 0 Å². The van der Waals surface area contributed by atoms with E-state index in [1.807, 2.05) is 55.5 Å². The van der Waals surface area contributed by atoms with Gasteiger partial charge in [0, 0.05) is 5.57 Å². The Balaban J connectivity index is 1.57. The van der Waals surface area contributed by atoms with Gasteiger partial charge in [-0.15, -0.1) is 0 Å². The van der Waals surface area contributed by atoms with Crippen LogP contribution in [0.15, 0.2) is 60.7 Å². The van der Waals surface area contributed by atoms with Crippen molar-refractivity contribution in [3.63, 3.8) is 0 Å². The standard InChI is InChI=1S/C24H32N2O4/c1-4-28-22-13-9-20(10-14-22)25-26-21-11-15-23(16-12-21)29-17-7-5-6-8-18-30-24(27)19(2)3/h9-16,25-26H,2,4-8,17-18H2,1,3H3. The maximum Gasteiger partial charge on any atom is 0.333 e. The SMILES string of the molecule is C=C(C)C(=O)OCCCCCCOc1ccc(NNc2ccc(OCC)cc2)cc1. The fraction of sp³-hybridized carbons (Fsp3) is 0.375. The molecule has 162 valence electrons. The van der Waals surface area contributed by atoms with Crippen LogP contribution in [-0.2, 0) is 9.53 Å². The second-order valence-corrected chi connectivity index (χ2v) is 6.91. The number of benzene rings is 2. The van der Waals surface area contributed by atoms with Crippen LogP contribution in [0.25, 0.3) is 0 Å². The highest BCUT2D eigenvalue weighted by atomic mass is 16.5. The molecule has 0 amide bonds. The van der Waals surface area contributed by atoms with E-state index in [0.29, 0.717) is 25.4 Å². The number of rotatable bonds is 14. The van der Waals surface area contributed by atoms with Gasteiger partial charge in [-0.1, -0.05) is 6.58 Å². The molecule has 30 heavy (non-hydrogen) atoms. The van der Waals surface area contributed by atoms with Gasteiger partial charge in [-0.2, -0.15) is 0 Å². The molecule has 0 heterocycles. The molecule has 0 saturated heterocycles. The number of hydrogen-bond acceptors (Lipinski definition) is 6. The first-order valence-corrected chi connectivity index (χ1v) is 10.4. The van der Waals surface area contributed by atoms with E-state index in [1.165, 1.54) is 0 Å². The van der Waals surface area contributed by atoms with Crippen molar-refractivity contribution in [2.75, 3.05) is 30.7 Å². The molecule has 0 radical (unpaired) electrons. The highest BCUT2D eigenvalue weighted by Gasteiger charge is 2.02. The molecule has 0 saturated carbocycles. The molecular formula is C24H32N2O4. The Labute approximate surface area is 179 Å². The van der Waals surface area contributed by atoms with Gasteiger partial charge in [0.1, 0.15) is 11.5 Å². The first kappa shape index (κ1) is 23.1. The summed E-state index contributed by atoms with van der Waals surface area (Å²) in [7, 11) is 0. The number of nitrogens with one attached hydrogen (secondary N) is 2. The number of ether oxygens (including phenoxy) is 3. The minimum atomic E-state index is -0.314. The first-order valence-electron chi connectivity index (χ1n) is 10.4. The molecule has 0 atom stereocenters. The van der Waals surface area contributed by atoms with Crippen LogP contribution in [0.3, 0.4) is 0 Å². The topological polar surface area (TPSA) is 68.8 Å². The summed E-state index contributed by atoms with van der Waals surface area (Å²) in [5, 5.41) is 0. The van der Waals surface area contributed by atoms with E-state index in [4.69, 9.17) is 14.2 Å². The zero-order chi connectivity index (χ0) is 21.6. The zero-order valence-electron chi connectivity index (χ0n) is 17.9. The van der Waals surface area contributed by atoms with Crippen molar-refractivity contribution >= 4 is 17.3 Å². The number of anilines is 2. The molecule has 0 aliphatic carbocycles. The second-order valence-electron chi connectivity index (χ2n) is 6.91. The van der Waals surface area contributed by atoms with Gasteiger partial charge in [0.05, 0.1) is 31.2 Å². The predicted octanol–water partition coefficient (Wildman–Crippen LogP) is 5.58. The van der Waals surface area contributed by atoms with Crippen molar-refractivity contribution in [2.45, 2.75) is 39.5 Å². The number of hydrogen-bond donors (Lipinski definition) is 2. The van der Waals surface area contributed by atoms with E-state index < -0.39 is 0 Å².